The second-order valence-electron chi connectivity index (χ2n) is 5.11. The van der Waals surface area contributed by atoms with Crippen molar-refractivity contribution < 1.29 is 14.3 Å². The summed E-state index contributed by atoms with van der Waals surface area (Å²) in [5.74, 6) is -2.82. The van der Waals surface area contributed by atoms with Crippen molar-refractivity contribution in [2.75, 3.05) is 6.61 Å². The molecule has 122 valence electrons. The summed E-state index contributed by atoms with van der Waals surface area (Å²) in [7, 11) is 1.40. The van der Waals surface area contributed by atoms with E-state index in [2.05, 4.69) is 5.10 Å². The van der Waals surface area contributed by atoms with E-state index in [-0.39, 0.29) is 17.0 Å². The van der Waals surface area contributed by atoms with Gasteiger partial charge in [0, 0.05) is 18.1 Å². The molecule has 8 heteroatoms. The fourth-order valence-corrected chi connectivity index (χ4v) is 2.15. The van der Waals surface area contributed by atoms with E-state index in [0.717, 1.165) is 4.68 Å². The van der Waals surface area contributed by atoms with Crippen LogP contribution in [-0.2, 0) is 16.6 Å². The number of ketones is 1. The zero-order valence-corrected chi connectivity index (χ0v) is 13.1. The monoisotopic (exact) mass is 326 g/mol. The molecule has 8 nitrogen and oxygen atoms in total. The van der Waals surface area contributed by atoms with Crippen molar-refractivity contribution in [3.05, 3.63) is 40.3 Å². The number of esters is 1. The predicted molar refractivity (Wildman–Crippen MR) is 84.8 cm³/mol. The molecule has 1 aromatic carbocycles. The molecule has 1 atom stereocenters. The van der Waals surface area contributed by atoms with E-state index in [1.165, 1.54) is 14.0 Å². The molecule has 0 fully saturated rings. The molecular weight excluding hydrogens is 312 g/mol. The molecular formula is C16H14N4O4. The Morgan fingerprint density at radius 2 is 2.00 bits per heavy atom. The zero-order valence-electron chi connectivity index (χ0n) is 13.1. The molecule has 1 N–H and O–H groups in total. The lowest BCUT2D eigenvalue weighted by atomic mass is 10.0. The van der Waals surface area contributed by atoms with Gasteiger partial charge in [-0.1, -0.05) is 18.2 Å². The van der Waals surface area contributed by atoms with Gasteiger partial charge in [-0.05, 0) is 13.0 Å². The van der Waals surface area contributed by atoms with Crippen LogP contribution in [0.3, 0.4) is 0 Å². The number of aryl methyl sites for hydroxylation is 1. The first kappa shape index (κ1) is 17.0. The molecule has 24 heavy (non-hydrogen) atoms. The molecule has 0 aliphatic rings. The summed E-state index contributed by atoms with van der Waals surface area (Å²) in [6.07, 6.45) is 0. The lowest BCUT2D eigenvalue weighted by Gasteiger charge is -2.09. The fraction of sp³-hybridized carbons (Fsp3) is 0.250. The van der Waals surface area contributed by atoms with Crippen molar-refractivity contribution in [1.82, 2.24) is 9.78 Å². The Bertz CT molecular complexity index is 939. The standard InChI is InChI=1S/C16H14N4O4/c1-9(18)12(7-17)13(21)8-24-16(23)14-10-5-3-4-6-11(10)15(22)20(2)19-14/h3-6,12,18H,8H2,1-2H3. The summed E-state index contributed by atoms with van der Waals surface area (Å²) >= 11 is 0. The molecule has 0 aliphatic heterocycles. The molecule has 2 aromatic rings. The summed E-state index contributed by atoms with van der Waals surface area (Å²) in [6, 6.07) is 8.11. The molecule has 1 heterocycles. The van der Waals surface area contributed by atoms with Crippen LogP contribution in [0.5, 0.6) is 0 Å². The fourth-order valence-electron chi connectivity index (χ4n) is 2.15. The largest absolute Gasteiger partial charge is 0.453 e. The maximum Gasteiger partial charge on any atom is 0.359 e. The predicted octanol–water partition coefficient (Wildman–Crippen LogP) is 0.839. The first-order chi connectivity index (χ1) is 11.4. The van der Waals surface area contributed by atoms with Gasteiger partial charge >= 0.3 is 5.97 Å². The second kappa shape index (κ2) is 6.83. The van der Waals surface area contributed by atoms with Gasteiger partial charge in [0.15, 0.2) is 18.1 Å². The third-order valence-corrected chi connectivity index (χ3v) is 3.38. The Labute approximate surface area is 136 Å². The molecule has 0 amide bonds. The Hall–Kier alpha value is -3.34. The highest BCUT2D eigenvalue weighted by Gasteiger charge is 2.23. The zero-order chi connectivity index (χ0) is 17.9. The first-order valence-electron chi connectivity index (χ1n) is 6.97. The minimum absolute atomic E-state index is 0.0967. The average Bonchev–Trinajstić information content (AvgIpc) is 2.56. The van der Waals surface area contributed by atoms with Crippen molar-refractivity contribution in [3.8, 4) is 6.07 Å². The van der Waals surface area contributed by atoms with Crippen LogP contribution in [0.2, 0.25) is 0 Å². The Morgan fingerprint density at radius 1 is 1.38 bits per heavy atom. The highest BCUT2D eigenvalue weighted by Crippen LogP contribution is 2.14. The van der Waals surface area contributed by atoms with Crippen LogP contribution in [0.15, 0.2) is 29.1 Å². The van der Waals surface area contributed by atoms with E-state index < -0.39 is 24.3 Å². The number of carbonyl (C=O) groups excluding carboxylic acids is 2. The van der Waals surface area contributed by atoms with Gasteiger partial charge in [-0.15, -0.1) is 0 Å². The summed E-state index contributed by atoms with van der Waals surface area (Å²) < 4.78 is 5.93. The Kier molecular flexibility index (Phi) is 4.84. The number of carbonyl (C=O) groups is 2. The van der Waals surface area contributed by atoms with Gasteiger partial charge in [-0.25, -0.2) is 9.48 Å². The van der Waals surface area contributed by atoms with Gasteiger partial charge in [-0.2, -0.15) is 10.4 Å². The van der Waals surface area contributed by atoms with E-state index >= 15 is 0 Å². The maximum atomic E-state index is 12.2. The molecule has 1 aromatic heterocycles. The Morgan fingerprint density at radius 3 is 2.58 bits per heavy atom. The highest BCUT2D eigenvalue weighted by molar-refractivity contribution is 6.07. The number of fused-ring (bicyclic) bond motifs is 1. The molecule has 0 saturated carbocycles. The summed E-state index contributed by atoms with van der Waals surface area (Å²) in [5, 5.41) is 20.7. The number of hydrogen-bond donors (Lipinski definition) is 1. The summed E-state index contributed by atoms with van der Waals surface area (Å²) in [5.41, 5.74) is -0.577. The van der Waals surface area contributed by atoms with Gasteiger partial charge in [0.05, 0.1) is 11.5 Å². The van der Waals surface area contributed by atoms with E-state index in [0.29, 0.717) is 10.8 Å². The average molecular weight is 326 g/mol. The van der Waals surface area contributed by atoms with E-state index in [4.69, 9.17) is 15.4 Å². The third kappa shape index (κ3) is 3.20. The first-order valence-corrected chi connectivity index (χ1v) is 6.97. The molecule has 0 saturated heterocycles. The maximum absolute atomic E-state index is 12.2. The smallest absolute Gasteiger partial charge is 0.359 e. The minimum Gasteiger partial charge on any atom is -0.453 e. The van der Waals surface area contributed by atoms with Gasteiger partial charge in [0.1, 0.15) is 5.92 Å². The van der Waals surface area contributed by atoms with E-state index in [1.54, 1.807) is 30.3 Å². The topological polar surface area (TPSA) is 126 Å². The van der Waals surface area contributed by atoms with Crippen molar-refractivity contribution >= 4 is 28.2 Å². The number of rotatable bonds is 5. The summed E-state index contributed by atoms with van der Waals surface area (Å²) in [6.45, 7) is 0.682. The van der Waals surface area contributed by atoms with Crippen LogP contribution in [0.1, 0.15) is 17.4 Å². The third-order valence-electron chi connectivity index (χ3n) is 3.38. The second-order valence-corrected chi connectivity index (χ2v) is 5.11. The van der Waals surface area contributed by atoms with Crippen LogP contribution in [0.25, 0.3) is 10.8 Å². The number of nitriles is 1. The SMILES string of the molecule is CC(=N)C(C#N)C(=O)COC(=O)c1nn(C)c(=O)c2ccccc12. The molecule has 1 unspecified atom stereocenters. The molecule has 0 aliphatic carbocycles. The lowest BCUT2D eigenvalue weighted by Crippen LogP contribution is -2.27. The van der Waals surface area contributed by atoms with Crippen LogP contribution in [-0.4, -0.2) is 33.9 Å². The highest BCUT2D eigenvalue weighted by atomic mass is 16.5. The number of nitrogens with one attached hydrogen (secondary N) is 1. The molecule has 0 radical (unpaired) electrons. The van der Waals surface area contributed by atoms with Crippen molar-refractivity contribution in [3.63, 3.8) is 0 Å². The van der Waals surface area contributed by atoms with Gasteiger partial charge in [0.25, 0.3) is 5.56 Å². The van der Waals surface area contributed by atoms with Gasteiger partial charge in [-0.3, -0.25) is 9.59 Å². The molecule has 0 spiro atoms. The number of aromatic nitrogens is 2. The molecule has 0 bridgehead atoms. The van der Waals surface area contributed by atoms with Crippen LogP contribution < -0.4 is 5.56 Å². The Balaban J connectivity index is 2.29. The molecule has 2 rings (SSSR count). The number of nitrogens with zero attached hydrogens (tertiary/aromatic N) is 3. The number of Topliss-reactive ketones (excluding diaryl/α,β-unsaturated/α-hetero) is 1. The van der Waals surface area contributed by atoms with Crippen molar-refractivity contribution in [2.24, 2.45) is 13.0 Å². The number of ether oxygens (including phenoxy) is 1. The number of hydrogen-bond acceptors (Lipinski definition) is 7. The van der Waals surface area contributed by atoms with Crippen molar-refractivity contribution in [2.45, 2.75) is 6.92 Å². The van der Waals surface area contributed by atoms with Crippen LogP contribution in [0.4, 0.5) is 0 Å². The summed E-state index contributed by atoms with van der Waals surface area (Å²) in [4.78, 5) is 36.0. The van der Waals surface area contributed by atoms with Crippen LogP contribution >= 0.6 is 0 Å². The van der Waals surface area contributed by atoms with E-state index in [1.807, 2.05) is 0 Å². The van der Waals surface area contributed by atoms with E-state index in [9.17, 15) is 14.4 Å². The quantitative estimate of drug-likeness (QED) is 0.641. The normalized spacial score (nSPS) is 11.5. The lowest BCUT2D eigenvalue weighted by molar-refractivity contribution is -0.122. The van der Waals surface area contributed by atoms with Crippen LogP contribution in [0, 0.1) is 22.7 Å². The minimum atomic E-state index is -1.25. The van der Waals surface area contributed by atoms with Crippen molar-refractivity contribution in [1.29, 1.82) is 10.7 Å². The van der Waals surface area contributed by atoms with Gasteiger partial charge < -0.3 is 10.1 Å². The number of benzene rings is 1. The van der Waals surface area contributed by atoms with Gasteiger partial charge in [0.2, 0.25) is 0 Å².